The molecule has 0 saturated carbocycles. The summed E-state index contributed by atoms with van der Waals surface area (Å²) in [6.07, 6.45) is 5.49. The van der Waals surface area contributed by atoms with Crippen molar-refractivity contribution in [1.29, 1.82) is 0 Å². The van der Waals surface area contributed by atoms with Crippen LogP contribution in [0.15, 0.2) is 127 Å². The highest BCUT2D eigenvalue weighted by Gasteiger charge is 2.11. The zero-order valence-electron chi connectivity index (χ0n) is 20.5. The molecule has 5 N–H and O–H groups in total. The number of aromatic amines is 2. The molecule has 0 aliphatic rings. The van der Waals surface area contributed by atoms with Gasteiger partial charge >= 0.3 is 0 Å². The fourth-order valence-corrected chi connectivity index (χ4v) is 4.64. The van der Waals surface area contributed by atoms with Gasteiger partial charge in [-0.1, -0.05) is 102 Å². The van der Waals surface area contributed by atoms with Crippen LogP contribution in [0.1, 0.15) is 28.3 Å². The summed E-state index contributed by atoms with van der Waals surface area (Å²) in [7, 11) is 0. The van der Waals surface area contributed by atoms with Crippen molar-refractivity contribution < 1.29 is 5.21 Å². The second-order valence-electron chi connectivity index (χ2n) is 9.03. The van der Waals surface area contributed by atoms with Gasteiger partial charge in [0.05, 0.1) is 5.71 Å². The van der Waals surface area contributed by atoms with Crippen LogP contribution in [-0.2, 0) is 12.8 Å². The van der Waals surface area contributed by atoms with E-state index in [0.717, 1.165) is 23.1 Å². The molecular formula is C32H30N4O. The number of benzene rings is 4. The van der Waals surface area contributed by atoms with Crippen molar-refractivity contribution in [2.75, 3.05) is 0 Å². The highest BCUT2D eigenvalue weighted by Crippen LogP contribution is 2.23. The lowest BCUT2D eigenvalue weighted by Crippen LogP contribution is -2.12. The molecule has 2 aromatic heterocycles. The Morgan fingerprint density at radius 1 is 0.676 bits per heavy atom. The van der Waals surface area contributed by atoms with Gasteiger partial charge < -0.3 is 20.9 Å². The number of nitrogens with zero attached hydrogens (tertiary/aromatic N) is 1. The summed E-state index contributed by atoms with van der Waals surface area (Å²) in [6.45, 7) is 0. The summed E-state index contributed by atoms with van der Waals surface area (Å²) in [4.78, 5) is 6.52. The number of rotatable bonds is 6. The Morgan fingerprint density at radius 3 is 1.81 bits per heavy atom. The van der Waals surface area contributed by atoms with Crippen LogP contribution in [0.3, 0.4) is 0 Å². The quantitative estimate of drug-likeness (QED) is 0.116. The Balaban J connectivity index is 0.000000152. The molecule has 5 nitrogen and oxygen atoms in total. The van der Waals surface area contributed by atoms with Crippen molar-refractivity contribution in [3.05, 3.63) is 144 Å². The summed E-state index contributed by atoms with van der Waals surface area (Å²) in [5.41, 5.74) is 13.7. The van der Waals surface area contributed by atoms with Gasteiger partial charge in [-0.15, -0.1) is 0 Å². The molecule has 4 aromatic carbocycles. The molecule has 1 unspecified atom stereocenters. The van der Waals surface area contributed by atoms with Gasteiger partial charge in [-0.25, -0.2) is 0 Å². The van der Waals surface area contributed by atoms with E-state index in [-0.39, 0.29) is 6.04 Å². The van der Waals surface area contributed by atoms with Crippen LogP contribution in [0, 0.1) is 0 Å². The fourth-order valence-electron chi connectivity index (χ4n) is 4.64. The number of hydrogen-bond acceptors (Lipinski definition) is 3. The van der Waals surface area contributed by atoms with Crippen LogP contribution < -0.4 is 5.73 Å². The molecule has 0 saturated heterocycles. The number of hydrogen-bond donors (Lipinski definition) is 4. The monoisotopic (exact) mass is 486 g/mol. The van der Waals surface area contributed by atoms with Gasteiger partial charge in [0, 0.05) is 46.7 Å². The third kappa shape index (κ3) is 5.63. The molecule has 37 heavy (non-hydrogen) atoms. The van der Waals surface area contributed by atoms with Gasteiger partial charge in [-0.3, -0.25) is 0 Å². The van der Waals surface area contributed by atoms with Crippen molar-refractivity contribution in [1.82, 2.24) is 9.97 Å². The van der Waals surface area contributed by atoms with E-state index < -0.39 is 0 Å². The lowest BCUT2D eigenvalue weighted by molar-refractivity contribution is 0.318. The highest BCUT2D eigenvalue weighted by atomic mass is 16.4. The molecule has 6 aromatic rings. The van der Waals surface area contributed by atoms with Gasteiger partial charge in [-0.05, 0) is 40.8 Å². The Bertz CT molecular complexity index is 1600. The number of nitrogens with two attached hydrogens (primary N) is 1. The minimum atomic E-state index is 0.0467. The first-order chi connectivity index (χ1) is 18.2. The number of aromatic nitrogens is 2. The average molecular weight is 487 g/mol. The first-order valence-electron chi connectivity index (χ1n) is 12.4. The zero-order chi connectivity index (χ0) is 25.5. The van der Waals surface area contributed by atoms with Crippen molar-refractivity contribution >= 4 is 27.5 Å². The van der Waals surface area contributed by atoms with Crippen molar-refractivity contribution in [2.24, 2.45) is 10.9 Å². The second kappa shape index (κ2) is 11.4. The summed E-state index contributed by atoms with van der Waals surface area (Å²) in [5, 5.41) is 15.1. The standard InChI is InChI=1S/C16H14N2O.C16H16N2/c19-18-16(12-6-2-1-3-7-12)10-13-11-17-15-9-5-4-8-14(13)15;17-15(12-6-2-1-3-7-12)10-13-11-18-16-9-5-4-8-14(13)16/h1-9,11,17,19H,10H2;1-9,11,15,18H,10,17H2. The number of fused-ring (bicyclic) bond motifs is 2. The lowest BCUT2D eigenvalue weighted by Gasteiger charge is -2.11. The predicted octanol–water partition coefficient (Wildman–Crippen LogP) is 7.00. The third-order valence-corrected chi connectivity index (χ3v) is 6.60. The van der Waals surface area contributed by atoms with Gasteiger partial charge in [0.1, 0.15) is 0 Å². The van der Waals surface area contributed by atoms with E-state index in [4.69, 9.17) is 5.73 Å². The first kappa shape index (κ1) is 24.1. The second-order valence-corrected chi connectivity index (χ2v) is 9.03. The van der Waals surface area contributed by atoms with Gasteiger partial charge in [-0.2, -0.15) is 0 Å². The maximum Gasteiger partial charge on any atom is 0.0912 e. The zero-order valence-corrected chi connectivity index (χ0v) is 20.5. The number of H-pyrrole nitrogens is 2. The molecule has 1 atom stereocenters. The van der Waals surface area contributed by atoms with Crippen LogP contribution in [0.4, 0.5) is 0 Å². The molecule has 0 fully saturated rings. The Hall–Kier alpha value is -4.61. The van der Waals surface area contributed by atoms with E-state index in [2.05, 4.69) is 57.7 Å². The van der Waals surface area contributed by atoms with Crippen LogP contribution in [-0.4, -0.2) is 20.9 Å². The minimum Gasteiger partial charge on any atom is -0.411 e. The van der Waals surface area contributed by atoms with Crippen molar-refractivity contribution in [3.8, 4) is 0 Å². The van der Waals surface area contributed by atoms with Crippen LogP contribution >= 0.6 is 0 Å². The summed E-state index contributed by atoms with van der Waals surface area (Å²) in [5.74, 6) is 0. The Morgan fingerprint density at radius 2 is 1.19 bits per heavy atom. The normalized spacial score (nSPS) is 12.3. The molecule has 184 valence electrons. The maximum absolute atomic E-state index is 9.23. The average Bonchev–Trinajstić information content (AvgIpc) is 3.57. The molecule has 5 heteroatoms. The summed E-state index contributed by atoms with van der Waals surface area (Å²) in [6, 6.07) is 36.5. The van der Waals surface area contributed by atoms with Crippen LogP contribution in [0.5, 0.6) is 0 Å². The Kier molecular flexibility index (Phi) is 7.44. The molecule has 0 radical (unpaired) electrons. The summed E-state index contributed by atoms with van der Waals surface area (Å²) >= 11 is 0. The molecule has 0 spiro atoms. The molecule has 2 heterocycles. The molecule has 0 aliphatic carbocycles. The summed E-state index contributed by atoms with van der Waals surface area (Å²) < 4.78 is 0. The SMILES string of the molecule is NC(Cc1c[nH]c2ccccc12)c1ccccc1.ON=C(Cc1c[nH]c2ccccc12)c1ccccc1. The smallest absolute Gasteiger partial charge is 0.0912 e. The molecule has 0 bridgehead atoms. The lowest BCUT2D eigenvalue weighted by atomic mass is 9.99. The van der Waals surface area contributed by atoms with E-state index in [1.165, 1.54) is 27.4 Å². The third-order valence-electron chi connectivity index (χ3n) is 6.60. The Labute approximate surface area is 216 Å². The van der Waals surface area contributed by atoms with Gasteiger partial charge in [0.25, 0.3) is 0 Å². The van der Waals surface area contributed by atoms with E-state index >= 15 is 0 Å². The van der Waals surface area contributed by atoms with E-state index in [9.17, 15) is 5.21 Å². The topological polar surface area (TPSA) is 90.2 Å². The van der Waals surface area contributed by atoms with E-state index in [0.29, 0.717) is 12.1 Å². The minimum absolute atomic E-state index is 0.0467. The number of nitrogens with one attached hydrogen (secondary N) is 2. The molecule has 0 amide bonds. The first-order valence-corrected chi connectivity index (χ1v) is 12.4. The van der Waals surface area contributed by atoms with Crippen LogP contribution in [0.25, 0.3) is 21.8 Å². The molecular weight excluding hydrogens is 456 g/mol. The van der Waals surface area contributed by atoms with E-state index in [1.807, 2.05) is 79.0 Å². The highest BCUT2D eigenvalue weighted by molar-refractivity contribution is 6.03. The fraction of sp³-hybridized carbons (Fsp3) is 0.0938. The predicted molar refractivity (Wildman–Crippen MR) is 152 cm³/mol. The van der Waals surface area contributed by atoms with E-state index in [1.54, 1.807) is 0 Å². The number of oxime groups is 1. The van der Waals surface area contributed by atoms with Crippen molar-refractivity contribution in [2.45, 2.75) is 18.9 Å². The van der Waals surface area contributed by atoms with Gasteiger partial charge in [0.15, 0.2) is 0 Å². The van der Waals surface area contributed by atoms with Gasteiger partial charge in [0.2, 0.25) is 0 Å². The number of para-hydroxylation sites is 2. The maximum atomic E-state index is 9.23. The van der Waals surface area contributed by atoms with Crippen LogP contribution in [0.2, 0.25) is 0 Å². The van der Waals surface area contributed by atoms with Crippen molar-refractivity contribution in [3.63, 3.8) is 0 Å². The molecule has 6 rings (SSSR count). The largest absolute Gasteiger partial charge is 0.411 e. The molecule has 0 aliphatic heterocycles.